The summed E-state index contributed by atoms with van der Waals surface area (Å²) in [5.74, 6) is 0.301. The molecule has 0 atom stereocenters. The Labute approximate surface area is 162 Å². The zero-order valence-electron chi connectivity index (χ0n) is 16.9. The fraction of sp³-hybridized carbons (Fsp3) is 0.280. The number of nitrogens with one attached hydrogen (secondary N) is 1. The van der Waals surface area contributed by atoms with Gasteiger partial charge in [0, 0.05) is 11.4 Å². The molecule has 0 unspecified atom stereocenters. The Hall–Kier alpha value is -2.74. The molecule has 0 aliphatic carbocycles. The van der Waals surface area contributed by atoms with Gasteiger partial charge in [-0.05, 0) is 72.2 Å². The zero-order chi connectivity index (χ0) is 19.6. The van der Waals surface area contributed by atoms with Crippen LogP contribution < -0.4 is 5.32 Å². The van der Waals surface area contributed by atoms with Crippen molar-refractivity contribution in [3.05, 3.63) is 88.5 Å². The number of benzene rings is 3. The monoisotopic (exact) mass is 359 g/mol. The number of aryl methyl sites for hydroxylation is 2. The van der Waals surface area contributed by atoms with Gasteiger partial charge in [-0.25, -0.2) is 0 Å². The van der Waals surface area contributed by atoms with E-state index in [2.05, 4.69) is 76.3 Å². The zero-order valence-corrected chi connectivity index (χ0v) is 16.9. The summed E-state index contributed by atoms with van der Waals surface area (Å²) in [6.07, 6.45) is 0.817. The minimum absolute atomic E-state index is 0.0931. The van der Waals surface area contributed by atoms with E-state index in [-0.39, 0.29) is 5.41 Å². The summed E-state index contributed by atoms with van der Waals surface area (Å²) in [6.45, 7) is 11.0. The Morgan fingerprint density at radius 1 is 0.815 bits per heavy atom. The second kappa shape index (κ2) is 7.48. The van der Waals surface area contributed by atoms with E-state index in [4.69, 9.17) is 0 Å². The van der Waals surface area contributed by atoms with Crippen molar-refractivity contribution >= 4 is 11.4 Å². The van der Waals surface area contributed by atoms with Crippen molar-refractivity contribution in [3.8, 4) is 5.75 Å². The van der Waals surface area contributed by atoms with Gasteiger partial charge in [0.05, 0.1) is 0 Å². The smallest absolute Gasteiger partial charge is 0.115 e. The van der Waals surface area contributed by atoms with Crippen LogP contribution in [-0.2, 0) is 11.8 Å². The number of aromatic hydroxyl groups is 1. The molecule has 0 fully saturated rings. The molecule has 0 bridgehead atoms. The average Bonchev–Trinajstić information content (AvgIpc) is 2.60. The van der Waals surface area contributed by atoms with Crippen molar-refractivity contribution in [2.24, 2.45) is 0 Å². The standard InChI is InChI=1S/C25H29NO/c1-17-6-13-23(18(2)14-17)26-24-16-21(25(3,4)5)10-9-20(24)15-19-7-11-22(27)12-8-19/h6-14,16,26-27H,15H2,1-5H3. The van der Waals surface area contributed by atoms with E-state index in [0.29, 0.717) is 5.75 Å². The molecule has 0 heterocycles. The van der Waals surface area contributed by atoms with Crippen molar-refractivity contribution in [1.82, 2.24) is 0 Å². The highest BCUT2D eigenvalue weighted by atomic mass is 16.3. The maximum atomic E-state index is 9.54. The van der Waals surface area contributed by atoms with Crippen LogP contribution in [0.3, 0.4) is 0 Å². The van der Waals surface area contributed by atoms with E-state index < -0.39 is 0 Å². The molecule has 3 aromatic rings. The molecule has 3 aromatic carbocycles. The third kappa shape index (κ3) is 4.71. The van der Waals surface area contributed by atoms with Crippen LogP contribution in [0.25, 0.3) is 0 Å². The second-order valence-electron chi connectivity index (χ2n) is 8.41. The molecular weight excluding hydrogens is 330 g/mol. The van der Waals surface area contributed by atoms with E-state index in [1.54, 1.807) is 12.1 Å². The summed E-state index contributed by atoms with van der Waals surface area (Å²) in [5, 5.41) is 13.2. The van der Waals surface area contributed by atoms with Gasteiger partial charge in [-0.15, -0.1) is 0 Å². The molecule has 0 saturated carbocycles. The summed E-state index contributed by atoms with van der Waals surface area (Å²) in [5.41, 5.74) is 8.62. The summed E-state index contributed by atoms with van der Waals surface area (Å²) < 4.78 is 0. The van der Waals surface area contributed by atoms with Gasteiger partial charge in [0.2, 0.25) is 0 Å². The fourth-order valence-electron chi connectivity index (χ4n) is 3.25. The molecule has 0 amide bonds. The Morgan fingerprint density at radius 2 is 1.52 bits per heavy atom. The highest BCUT2D eigenvalue weighted by Crippen LogP contribution is 2.31. The molecule has 0 aliphatic rings. The number of rotatable bonds is 4. The third-order valence-corrected chi connectivity index (χ3v) is 4.96. The molecule has 0 aliphatic heterocycles. The summed E-state index contributed by atoms with van der Waals surface area (Å²) >= 11 is 0. The van der Waals surface area contributed by atoms with Crippen molar-refractivity contribution in [1.29, 1.82) is 0 Å². The van der Waals surface area contributed by atoms with E-state index in [0.717, 1.165) is 17.8 Å². The van der Waals surface area contributed by atoms with Crippen LogP contribution in [0.15, 0.2) is 60.7 Å². The van der Waals surface area contributed by atoms with Gasteiger partial charge in [0.15, 0.2) is 0 Å². The second-order valence-corrected chi connectivity index (χ2v) is 8.41. The summed E-state index contributed by atoms with van der Waals surface area (Å²) in [6, 6.07) is 20.7. The first kappa shape index (κ1) is 19.0. The maximum absolute atomic E-state index is 9.54. The van der Waals surface area contributed by atoms with Gasteiger partial charge in [-0.3, -0.25) is 0 Å². The SMILES string of the molecule is Cc1ccc(Nc2cc(C(C)(C)C)ccc2Cc2ccc(O)cc2)c(C)c1. The van der Waals surface area contributed by atoms with Crippen LogP contribution in [0.4, 0.5) is 11.4 Å². The van der Waals surface area contributed by atoms with Crippen LogP contribution in [0.2, 0.25) is 0 Å². The molecule has 2 heteroatoms. The van der Waals surface area contributed by atoms with Gasteiger partial charge >= 0.3 is 0 Å². The number of phenolic OH excluding ortho intramolecular Hbond substituents is 1. The molecule has 27 heavy (non-hydrogen) atoms. The van der Waals surface area contributed by atoms with Gasteiger partial charge in [0.25, 0.3) is 0 Å². The van der Waals surface area contributed by atoms with Crippen molar-refractivity contribution < 1.29 is 5.11 Å². The lowest BCUT2D eigenvalue weighted by Gasteiger charge is -2.22. The van der Waals surface area contributed by atoms with Gasteiger partial charge < -0.3 is 10.4 Å². The first-order chi connectivity index (χ1) is 12.7. The van der Waals surface area contributed by atoms with E-state index in [1.807, 2.05) is 12.1 Å². The Morgan fingerprint density at radius 3 is 2.15 bits per heavy atom. The molecule has 0 saturated heterocycles. The Kier molecular flexibility index (Phi) is 5.27. The molecular formula is C25H29NO. The van der Waals surface area contributed by atoms with Gasteiger partial charge in [-0.1, -0.05) is 62.7 Å². The highest BCUT2D eigenvalue weighted by molar-refractivity contribution is 5.68. The van der Waals surface area contributed by atoms with Crippen LogP contribution in [0.5, 0.6) is 5.75 Å². The number of phenols is 1. The van der Waals surface area contributed by atoms with Gasteiger partial charge in [0.1, 0.15) is 5.75 Å². The molecule has 3 rings (SSSR count). The van der Waals surface area contributed by atoms with Crippen molar-refractivity contribution in [2.45, 2.75) is 46.5 Å². The van der Waals surface area contributed by atoms with Crippen LogP contribution >= 0.6 is 0 Å². The van der Waals surface area contributed by atoms with Gasteiger partial charge in [-0.2, -0.15) is 0 Å². The van der Waals surface area contributed by atoms with Crippen LogP contribution in [0, 0.1) is 13.8 Å². The first-order valence-corrected chi connectivity index (χ1v) is 9.48. The largest absolute Gasteiger partial charge is 0.508 e. The van der Waals surface area contributed by atoms with Crippen LogP contribution in [0.1, 0.15) is 48.6 Å². The summed E-state index contributed by atoms with van der Waals surface area (Å²) in [7, 11) is 0. The molecule has 0 aromatic heterocycles. The summed E-state index contributed by atoms with van der Waals surface area (Å²) in [4.78, 5) is 0. The first-order valence-electron chi connectivity index (χ1n) is 9.48. The third-order valence-electron chi connectivity index (χ3n) is 4.96. The quantitative estimate of drug-likeness (QED) is 0.547. The average molecular weight is 360 g/mol. The lowest BCUT2D eigenvalue weighted by molar-refractivity contribution is 0.475. The number of hydrogen-bond donors (Lipinski definition) is 2. The Balaban J connectivity index is 2.00. The van der Waals surface area contributed by atoms with E-state index in [9.17, 15) is 5.11 Å². The maximum Gasteiger partial charge on any atom is 0.115 e. The Bertz CT molecular complexity index is 934. The minimum atomic E-state index is 0.0931. The molecule has 2 N–H and O–H groups in total. The minimum Gasteiger partial charge on any atom is -0.508 e. The highest BCUT2D eigenvalue weighted by Gasteiger charge is 2.16. The predicted molar refractivity (Wildman–Crippen MR) is 115 cm³/mol. The fourth-order valence-corrected chi connectivity index (χ4v) is 3.25. The normalized spacial score (nSPS) is 11.4. The molecule has 2 nitrogen and oxygen atoms in total. The lowest BCUT2D eigenvalue weighted by atomic mass is 9.85. The van der Waals surface area contributed by atoms with E-state index >= 15 is 0 Å². The van der Waals surface area contributed by atoms with Crippen molar-refractivity contribution in [2.75, 3.05) is 5.32 Å². The van der Waals surface area contributed by atoms with Crippen LogP contribution in [-0.4, -0.2) is 5.11 Å². The van der Waals surface area contributed by atoms with Crippen molar-refractivity contribution in [3.63, 3.8) is 0 Å². The molecule has 140 valence electrons. The number of anilines is 2. The topological polar surface area (TPSA) is 32.3 Å². The molecule has 0 radical (unpaired) electrons. The number of hydrogen-bond acceptors (Lipinski definition) is 2. The lowest BCUT2D eigenvalue weighted by Crippen LogP contribution is -2.12. The van der Waals surface area contributed by atoms with E-state index in [1.165, 1.54) is 27.8 Å². The predicted octanol–water partition coefficient (Wildman–Crippen LogP) is 6.64. The molecule has 0 spiro atoms.